The van der Waals surface area contributed by atoms with E-state index in [0.717, 1.165) is 30.6 Å². The molecule has 0 amide bonds. The first-order valence-corrected chi connectivity index (χ1v) is 7.23. The second kappa shape index (κ2) is 5.69. The normalized spacial score (nSPS) is 16.1. The van der Waals surface area contributed by atoms with E-state index in [1.807, 2.05) is 12.1 Å². The number of rotatable bonds is 4. The van der Waals surface area contributed by atoms with Crippen molar-refractivity contribution in [1.29, 1.82) is 0 Å². The van der Waals surface area contributed by atoms with Crippen molar-refractivity contribution in [1.82, 2.24) is 9.88 Å². The monoisotopic (exact) mass is 285 g/mol. The summed E-state index contributed by atoms with van der Waals surface area (Å²) in [6, 6.07) is 6.07. The van der Waals surface area contributed by atoms with Gasteiger partial charge in [-0.05, 0) is 36.7 Å². The molecule has 0 aliphatic carbocycles. The SMILES string of the molecule is CN1CC=C(c2c[nH]c3ccc(CC[N+](=O)[O-])cc23)CC1. The minimum Gasteiger partial charge on any atom is -0.361 e. The Bertz CT molecular complexity index is 703. The number of benzene rings is 1. The van der Waals surface area contributed by atoms with Gasteiger partial charge in [-0.2, -0.15) is 0 Å². The van der Waals surface area contributed by atoms with Crippen molar-refractivity contribution in [3.8, 4) is 0 Å². The fraction of sp³-hybridized carbons (Fsp3) is 0.375. The molecule has 0 unspecified atom stereocenters. The van der Waals surface area contributed by atoms with E-state index >= 15 is 0 Å². The Morgan fingerprint density at radius 3 is 3.00 bits per heavy atom. The fourth-order valence-electron chi connectivity index (χ4n) is 2.82. The molecule has 5 nitrogen and oxygen atoms in total. The van der Waals surface area contributed by atoms with Gasteiger partial charge in [-0.3, -0.25) is 10.1 Å². The predicted octanol–water partition coefficient (Wildman–Crippen LogP) is 2.71. The topological polar surface area (TPSA) is 62.2 Å². The molecule has 5 heteroatoms. The van der Waals surface area contributed by atoms with Crippen LogP contribution >= 0.6 is 0 Å². The van der Waals surface area contributed by atoms with Crippen molar-refractivity contribution in [2.24, 2.45) is 0 Å². The zero-order valence-corrected chi connectivity index (χ0v) is 12.1. The maximum absolute atomic E-state index is 10.5. The lowest BCUT2D eigenvalue weighted by Gasteiger charge is -2.21. The Hall–Kier alpha value is -2.14. The van der Waals surface area contributed by atoms with Gasteiger partial charge in [-0.15, -0.1) is 0 Å². The van der Waals surface area contributed by atoms with Gasteiger partial charge in [-0.25, -0.2) is 0 Å². The highest BCUT2D eigenvalue weighted by atomic mass is 16.6. The Labute approximate surface area is 123 Å². The Kier molecular flexibility index (Phi) is 3.75. The fourth-order valence-corrected chi connectivity index (χ4v) is 2.82. The average molecular weight is 285 g/mol. The minimum atomic E-state index is -0.262. The molecule has 3 rings (SSSR count). The van der Waals surface area contributed by atoms with E-state index in [4.69, 9.17) is 0 Å². The molecule has 0 bridgehead atoms. The second-order valence-corrected chi connectivity index (χ2v) is 5.63. The van der Waals surface area contributed by atoms with Crippen molar-refractivity contribution < 1.29 is 4.92 Å². The van der Waals surface area contributed by atoms with E-state index in [1.165, 1.54) is 16.5 Å². The van der Waals surface area contributed by atoms with Crippen LogP contribution in [0, 0.1) is 10.1 Å². The third kappa shape index (κ3) is 2.97. The van der Waals surface area contributed by atoms with Gasteiger partial charge in [0.15, 0.2) is 0 Å². The molecule has 1 aliphatic rings. The van der Waals surface area contributed by atoms with Gasteiger partial charge in [0.2, 0.25) is 6.54 Å². The highest BCUT2D eigenvalue weighted by Gasteiger charge is 2.14. The Balaban J connectivity index is 1.92. The van der Waals surface area contributed by atoms with Crippen molar-refractivity contribution in [2.75, 3.05) is 26.7 Å². The average Bonchev–Trinajstić information content (AvgIpc) is 2.89. The zero-order chi connectivity index (χ0) is 14.8. The number of hydrogen-bond acceptors (Lipinski definition) is 3. The standard InChI is InChI=1S/C16H19N3O2/c1-18-7-5-13(6-8-18)15-11-17-16-3-2-12(10-14(15)16)4-9-19(20)21/h2-3,5,10-11,17H,4,6-9H2,1H3. The van der Waals surface area contributed by atoms with Crippen molar-refractivity contribution in [3.05, 3.63) is 51.7 Å². The number of nitro groups is 1. The molecule has 1 aromatic heterocycles. The van der Waals surface area contributed by atoms with Crippen LogP contribution in [0.25, 0.3) is 16.5 Å². The van der Waals surface area contributed by atoms with E-state index in [1.54, 1.807) is 0 Å². The van der Waals surface area contributed by atoms with Crippen LogP contribution in [0.4, 0.5) is 0 Å². The van der Waals surface area contributed by atoms with Crippen LogP contribution in [0.3, 0.4) is 0 Å². The van der Waals surface area contributed by atoms with Gasteiger partial charge >= 0.3 is 0 Å². The number of hydrogen-bond donors (Lipinski definition) is 1. The molecule has 1 N–H and O–H groups in total. The van der Waals surface area contributed by atoms with Crippen molar-refractivity contribution >= 4 is 16.5 Å². The number of H-pyrrole nitrogens is 1. The van der Waals surface area contributed by atoms with Crippen LogP contribution in [-0.2, 0) is 6.42 Å². The molecule has 0 fully saturated rings. The first-order chi connectivity index (χ1) is 10.1. The lowest BCUT2D eigenvalue weighted by atomic mass is 9.98. The van der Waals surface area contributed by atoms with Gasteiger partial charge in [0, 0.05) is 47.1 Å². The zero-order valence-electron chi connectivity index (χ0n) is 12.1. The summed E-state index contributed by atoms with van der Waals surface area (Å²) >= 11 is 0. The largest absolute Gasteiger partial charge is 0.361 e. The molecule has 21 heavy (non-hydrogen) atoms. The highest BCUT2D eigenvalue weighted by Crippen LogP contribution is 2.29. The van der Waals surface area contributed by atoms with Gasteiger partial charge in [0.25, 0.3) is 0 Å². The highest BCUT2D eigenvalue weighted by molar-refractivity contribution is 5.93. The molecule has 110 valence electrons. The first-order valence-electron chi connectivity index (χ1n) is 7.23. The van der Waals surface area contributed by atoms with Crippen LogP contribution in [0.15, 0.2) is 30.5 Å². The van der Waals surface area contributed by atoms with Crippen LogP contribution in [0.1, 0.15) is 17.5 Å². The molecular formula is C16H19N3O2. The van der Waals surface area contributed by atoms with Crippen LogP contribution in [-0.4, -0.2) is 41.5 Å². The summed E-state index contributed by atoms with van der Waals surface area (Å²) in [5.74, 6) is 0. The van der Waals surface area contributed by atoms with Crippen LogP contribution in [0.2, 0.25) is 0 Å². The maximum atomic E-state index is 10.5. The molecule has 0 saturated carbocycles. The van der Waals surface area contributed by atoms with E-state index < -0.39 is 0 Å². The van der Waals surface area contributed by atoms with Crippen LogP contribution < -0.4 is 0 Å². The summed E-state index contributed by atoms with van der Waals surface area (Å²) in [4.78, 5) is 15.8. The second-order valence-electron chi connectivity index (χ2n) is 5.63. The third-order valence-corrected chi connectivity index (χ3v) is 4.09. The number of fused-ring (bicyclic) bond motifs is 1. The number of aromatic amines is 1. The Morgan fingerprint density at radius 1 is 1.43 bits per heavy atom. The van der Waals surface area contributed by atoms with Crippen molar-refractivity contribution in [2.45, 2.75) is 12.8 Å². The van der Waals surface area contributed by atoms with E-state index in [0.29, 0.717) is 6.42 Å². The van der Waals surface area contributed by atoms with Gasteiger partial charge < -0.3 is 9.88 Å². The van der Waals surface area contributed by atoms with Gasteiger partial charge in [0.1, 0.15) is 0 Å². The molecule has 0 radical (unpaired) electrons. The number of aromatic nitrogens is 1. The van der Waals surface area contributed by atoms with Gasteiger partial charge in [-0.1, -0.05) is 12.1 Å². The quantitative estimate of drug-likeness (QED) is 0.694. The predicted molar refractivity (Wildman–Crippen MR) is 84.0 cm³/mol. The number of nitrogens with one attached hydrogen (secondary N) is 1. The lowest BCUT2D eigenvalue weighted by molar-refractivity contribution is -0.479. The van der Waals surface area contributed by atoms with Gasteiger partial charge in [0.05, 0.1) is 0 Å². The lowest BCUT2D eigenvalue weighted by Crippen LogP contribution is -2.23. The first kappa shape index (κ1) is 13.8. The summed E-state index contributed by atoms with van der Waals surface area (Å²) in [6.45, 7) is 2.03. The molecule has 0 spiro atoms. The third-order valence-electron chi connectivity index (χ3n) is 4.09. The number of nitrogens with zero attached hydrogens (tertiary/aromatic N) is 2. The molecule has 0 saturated heterocycles. The minimum absolute atomic E-state index is 0.0151. The molecule has 1 aromatic carbocycles. The van der Waals surface area contributed by atoms with Crippen LogP contribution in [0.5, 0.6) is 0 Å². The maximum Gasteiger partial charge on any atom is 0.207 e. The molecule has 2 aromatic rings. The van der Waals surface area contributed by atoms with E-state index in [-0.39, 0.29) is 11.5 Å². The number of likely N-dealkylation sites (N-methyl/N-ethyl adjacent to an activating group) is 1. The summed E-state index contributed by atoms with van der Waals surface area (Å²) in [5, 5.41) is 11.7. The van der Waals surface area contributed by atoms with E-state index in [2.05, 4.69) is 35.3 Å². The smallest absolute Gasteiger partial charge is 0.207 e. The van der Waals surface area contributed by atoms with E-state index in [9.17, 15) is 10.1 Å². The molecule has 0 atom stereocenters. The molecule has 2 heterocycles. The van der Waals surface area contributed by atoms with Crippen molar-refractivity contribution in [3.63, 3.8) is 0 Å². The Morgan fingerprint density at radius 2 is 2.29 bits per heavy atom. The molecule has 1 aliphatic heterocycles. The molecular weight excluding hydrogens is 266 g/mol. The summed E-state index contributed by atoms with van der Waals surface area (Å²) in [7, 11) is 2.12. The summed E-state index contributed by atoms with van der Waals surface area (Å²) in [6.07, 6.45) is 5.85. The summed E-state index contributed by atoms with van der Waals surface area (Å²) in [5.41, 5.74) is 4.72. The summed E-state index contributed by atoms with van der Waals surface area (Å²) < 4.78 is 0.